The van der Waals surface area contributed by atoms with Crippen molar-refractivity contribution in [2.24, 2.45) is 0 Å². The quantitative estimate of drug-likeness (QED) is 0.897. The second-order valence-corrected chi connectivity index (χ2v) is 4.34. The summed E-state index contributed by atoms with van der Waals surface area (Å²) in [4.78, 5) is 4.21. The normalized spacial score (nSPS) is 12.2. The van der Waals surface area contributed by atoms with Gasteiger partial charge in [0.2, 0.25) is 0 Å². The number of hydrogen-bond acceptors (Lipinski definition) is 4. The molecule has 2 aromatic heterocycles. The fourth-order valence-electron chi connectivity index (χ4n) is 1.81. The van der Waals surface area contributed by atoms with Crippen LogP contribution in [0.15, 0.2) is 28.8 Å². The molecule has 2 heterocycles. The van der Waals surface area contributed by atoms with Gasteiger partial charge in [-0.15, -0.1) is 0 Å². The van der Waals surface area contributed by atoms with Crippen molar-refractivity contribution in [1.82, 2.24) is 4.98 Å². The first-order valence-corrected chi connectivity index (χ1v) is 5.93. The Balaban J connectivity index is 2.20. The molecule has 1 unspecified atom stereocenters. The summed E-state index contributed by atoms with van der Waals surface area (Å²) in [7, 11) is 1.64. The second-order valence-electron chi connectivity index (χ2n) is 4.34. The van der Waals surface area contributed by atoms with E-state index >= 15 is 0 Å². The second kappa shape index (κ2) is 5.12. The Morgan fingerprint density at radius 2 is 2.11 bits per heavy atom. The highest BCUT2D eigenvalue weighted by molar-refractivity contribution is 5.56. The molecule has 1 atom stereocenters. The molecule has 0 aliphatic carbocycles. The Hall–Kier alpha value is -1.97. The first-order chi connectivity index (χ1) is 8.60. The van der Waals surface area contributed by atoms with Crippen LogP contribution in [0.4, 0.5) is 5.69 Å². The van der Waals surface area contributed by atoms with Gasteiger partial charge < -0.3 is 14.5 Å². The van der Waals surface area contributed by atoms with Gasteiger partial charge in [-0.3, -0.25) is 4.98 Å². The van der Waals surface area contributed by atoms with Crippen molar-refractivity contribution in [3.63, 3.8) is 0 Å². The lowest BCUT2D eigenvalue weighted by Crippen LogP contribution is -2.07. The van der Waals surface area contributed by atoms with Crippen LogP contribution in [0.2, 0.25) is 0 Å². The molecule has 0 aromatic carbocycles. The van der Waals surface area contributed by atoms with E-state index in [0.29, 0.717) is 0 Å². The van der Waals surface area contributed by atoms with Crippen LogP contribution in [-0.2, 0) is 0 Å². The molecule has 0 spiro atoms. The van der Waals surface area contributed by atoms with Crippen molar-refractivity contribution in [2.45, 2.75) is 26.8 Å². The minimum absolute atomic E-state index is 0.0781. The first-order valence-electron chi connectivity index (χ1n) is 5.93. The smallest absolute Gasteiger partial charge is 0.160 e. The third-order valence-electron chi connectivity index (χ3n) is 2.78. The Labute approximate surface area is 107 Å². The average molecular weight is 246 g/mol. The molecule has 0 saturated carbocycles. The van der Waals surface area contributed by atoms with Crippen molar-refractivity contribution >= 4 is 5.69 Å². The Morgan fingerprint density at radius 1 is 1.33 bits per heavy atom. The van der Waals surface area contributed by atoms with Gasteiger partial charge in [0.15, 0.2) is 5.75 Å². The minimum atomic E-state index is 0.0781. The third-order valence-corrected chi connectivity index (χ3v) is 2.78. The van der Waals surface area contributed by atoms with Crippen molar-refractivity contribution < 1.29 is 9.15 Å². The standard InChI is InChI=1S/C14H18N2O2/c1-9-7-12(14(17-4)8-15-9)16-11(3)13-6-5-10(2)18-13/h5-8,11H,1-4H3,(H,15,16). The number of aryl methyl sites for hydroxylation is 2. The predicted octanol–water partition coefficient (Wildman–Crippen LogP) is 3.47. The van der Waals surface area contributed by atoms with E-state index in [2.05, 4.69) is 10.3 Å². The molecule has 0 aliphatic heterocycles. The molecule has 4 heteroatoms. The largest absolute Gasteiger partial charge is 0.493 e. The zero-order valence-electron chi connectivity index (χ0n) is 11.2. The molecule has 0 fully saturated rings. The Kier molecular flexibility index (Phi) is 3.55. The van der Waals surface area contributed by atoms with Crippen LogP contribution in [0.3, 0.4) is 0 Å². The molecule has 4 nitrogen and oxygen atoms in total. The highest BCUT2D eigenvalue weighted by atomic mass is 16.5. The highest BCUT2D eigenvalue weighted by Gasteiger charge is 2.12. The number of ether oxygens (including phenoxy) is 1. The fourth-order valence-corrected chi connectivity index (χ4v) is 1.81. The van der Waals surface area contributed by atoms with Crippen molar-refractivity contribution in [3.05, 3.63) is 41.6 Å². The molecule has 2 rings (SSSR count). The monoisotopic (exact) mass is 246 g/mol. The molecule has 96 valence electrons. The van der Waals surface area contributed by atoms with E-state index in [1.54, 1.807) is 13.3 Å². The summed E-state index contributed by atoms with van der Waals surface area (Å²) in [5.41, 5.74) is 1.87. The van der Waals surface area contributed by atoms with E-state index in [4.69, 9.17) is 9.15 Å². The molecule has 1 N–H and O–H groups in total. The Morgan fingerprint density at radius 3 is 2.72 bits per heavy atom. The van der Waals surface area contributed by atoms with Gasteiger partial charge in [0.25, 0.3) is 0 Å². The predicted molar refractivity (Wildman–Crippen MR) is 71.0 cm³/mol. The maximum atomic E-state index is 5.60. The summed E-state index contributed by atoms with van der Waals surface area (Å²) in [6, 6.07) is 5.98. The van der Waals surface area contributed by atoms with Gasteiger partial charge in [0, 0.05) is 5.69 Å². The maximum Gasteiger partial charge on any atom is 0.160 e. The summed E-state index contributed by atoms with van der Waals surface area (Å²) in [6.07, 6.45) is 1.72. The van der Waals surface area contributed by atoms with Crippen LogP contribution in [0.25, 0.3) is 0 Å². The van der Waals surface area contributed by atoms with E-state index in [1.165, 1.54) is 0 Å². The molecule has 18 heavy (non-hydrogen) atoms. The third kappa shape index (κ3) is 2.64. The van der Waals surface area contributed by atoms with Crippen LogP contribution >= 0.6 is 0 Å². The van der Waals surface area contributed by atoms with Crippen molar-refractivity contribution in [2.75, 3.05) is 12.4 Å². The van der Waals surface area contributed by atoms with Gasteiger partial charge >= 0.3 is 0 Å². The fraction of sp³-hybridized carbons (Fsp3) is 0.357. The van der Waals surface area contributed by atoms with Crippen LogP contribution in [0, 0.1) is 13.8 Å². The molecule has 0 amide bonds. The first kappa shape index (κ1) is 12.5. The number of methoxy groups -OCH3 is 1. The highest BCUT2D eigenvalue weighted by Crippen LogP contribution is 2.28. The molecule has 2 aromatic rings. The van der Waals surface area contributed by atoms with Gasteiger partial charge in [0.05, 0.1) is 25.0 Å². The number of nitrogens with one attached hydrogen (secondary N) is 1. The lowest BCUT2D eigenvalue weighted by atomic mass is 10.2. The maximum absolute atomic E-state index is 5.60. The van der Waals surface area contributed by atoms with E-state index < -0.39 is 0 Å². The average Bonchev–Trinajstić information content (AvgIpc) is 2.76. The van der Waals surface area contributed by atoms with Crippen LogP contribution in [0.5, 0.6) is 5.75 Å². The van der Waals surface area contributed by atoms with E-state index in [9.17, 15) is 0 Å². The van der Waals surface area contributed by atoms with E-state index in [-0.39, 0.29) is 6.04 Å². The molecule has 0 radical (unpaired) electrons. The number of aromatic nitrogens is 1. The lowest BCUT2D eigenvalue weighted by molar-refractivity contribution is 0.413. The number of hydrogen-bond donors (Lipinski definition) is 1. The summed E-state index contributed by atoms with van der Waals surface area (Å²) in [6.45, 7) is 5.94. The van der Waals surface area contributed by atoms with Crippen LogP contribution in [0.1, 0.15) is 30.2 Å². The summed E-state index contributed by atoms with van der Waals surface area (Å²) < 4.78 is 10.9. The molecule has 0 aliphatic rings. The lowest BCUT2D eigenvalue weighted by Gasteiger charge is -2.16. The van der Waals surface area contributed by atoms with Gasteiger partial charge in [-0.05, 0) is 39.0 Å². The number of pyridine rings is 1. The van der Waals surface area contributed by atoms with Crippen LogP contribution < -0.4 is 10.1 Å². The SMILES string of the molecule is COc1cnc(C)cc1NC(C)c1ccc(C)o1. The van der Waals surface area contributed by atoms with E-state index in [0.717, 1.165) is 28.7 Å². The number of rotatable bonds is 4. The summed E-state index contributed by atoms with van der Waals surface area (Å²) >= 11 is 0. The minimum Gasteiger partial charge on any atom is -0.493 e. The molecular weight excluding hydrogens is 228 g/mol. The summed E-state index contributed by atoms with van der Waals surface area (Å²) in [5.74, 6) is 2.55. The zero-order valence-corrected chi connectivity index (χ0v) is 11.2. The van der Waals surface area contributed by atoms with Crippen molar-refractivity contribution in [3.8, 4) is 5.75 Å². The van der Waals surface area contributed by atoms with Gasteiger partial charge in [-0.1, -0.05) is 0 Å². The molecule has 0 bridgehead atoms. The van der Waals surface area contributed by atoms with Crippen LogP contribution in [-0.4, -0.2) is 12.1 Å². The van der Waals surface area contributed by atoms with E-state index in [1.807, 2.05) is 39.0 Å². The summed E-state index contributed by atoms with van der Waals surface area (Å²) in [5, 5.41) is 3.37. The molecular formula is C14H18N2O2. The van der Waals surface area contributed by atoms with Crippen molar-refractivity contribution in [1.29, 1.82) is 0 Å². The molecule has 0 saturated heterocycles. The van der Waals surface area contributed by atoms with Gasteiger partial charge in [0.1, 0.15) is 11.5 Å². The Bertz CT molecular complexity index is 534. The number of furan rings is 1. The van der Waals surface area contributed by atoms with Gasteiger partial charge in [-0.2, -0.15) is 0 Å². The van der Waals surface area contributed by atoms with Gasteiger partial charge in [-0.25, -0.2) is 0 Å². The zero-order chi connectivity index (χ0) is 13.1. The number of anilines is 1. The number of nitrogens with zero attached hydrogens (tertiary/aromatic N) is 1. The topological polar surface area (TPSA) is 47.3 Å².